The van der Waals surface area contributed by atoms with Crippen molar-refractivity contribution in [3.8, 4) is 0 Å². The number of rotatable bonds is 43. The number of quaternary nitrogens is 1. The molecule has 0 aromatic carbocycles. The lowest BCUT2D eigenvalue weighted by atomic mass is 10.1. The first-order valence-corrected chi connectivity index (χ1v) is 25.0. The summed E-state index contributed by atoms with van der Waals surface area (Å²) >= 11 is 0. The van der Waals surface area contributed by atoms with Gasteiger partial charge in [-0.3, -0.25) is 9.36 Å². The highest BCUT2D eigenvalue weighted by atomic mass is 31.2. The van der Waals surface area contributed by atoms with E-state index in [0.717, 1.165) is 70.6 Å². The second-order valence-corrected chi connectivity index (χ2v) is 18.1. The minimum absolute atomic E-state index is 0.0221. The van der Waals surface area contributed by atoms with Crippen LogP contribution in [0.5, 0.6) is 0 Å². The van der Waals surface area contributed by atoms with Gasteiger partial charge < -0.3 is 27.9 Å². The fourth-order valence-electron chi connectivity index (χ4n) is 6.18. The van der Waals surface area contributed by atoms with Crippen LogP contribution >= 0.6 is 7.82 Å². The maximum absolute atomic E-state index is 12.7. The number of likely N-dealkylation sites (N-methyl/N-ethyl adjacent to an activating group) is 1. The van der Waals surface area contributed by atoms with E-state index in [4.69, 9.17) is 18.5 Å². The molecule has 8 nitrogen and oxygen atoms in total. The van der Waals surface area contributed by atoms with Crippen molar-refractivity contribution in [1.82, 2.24) is 0 Å². The predicted molar refractivity (Wildman–Crippen MR) is 245 cm³/mol. The van der Waals surface area contributed by atoms with E-state index in [1.165, 1.54) is 96.3 Å². The van der Waals surface area contributed by atoms with Crippen LogP contribution in [-0.4, -0.2) is 70.7 Å². The Morgan fingerprint density at radius 2 is 1.00 bits per heavy atom. The molecule has 338 valence electrons. The van der Waals surface area contributed by atoms with Gasteiger partial charge in [-0.2, -0.15) is 0 Å². The molecule has 0 aliphatic rings. The molecule has 0 saturated carbocycles. The molecular formula is C49H90NO7P. The average molecular weight is 836 g/mol. The van der Waals surface area contributed by atoms with E-state index in [9.17, 15) is 14.3 Å². The molecule has 9 heteroatoms. The highest BCUT2D eigenvalue weighted by Gasteiger charge is 2.20. The van der Waals surface area contributed by atoms with E-state index in [2.05, 4.69) is 74.6 Å². The molecule has 0 spiro atoms. The van der Waals surface area contributed by atoms with Crippen molar-refractivity contribution in [2.24, 2.45) is 0 Å². The van der Waals surface area contributed by atoms with Crippen LogP contribution in [0.3, 0.4) is 0 Å². The van der Waals surface area contributed by atoms with E-state index in [-0.39, 0.29) is 25.8 Å². The molecule has 0 rings (SSSR count). The van der Waals surface area contributed by atoms with E-state index >= 15 is 0 Å². The number of carbonyl (C=O) groups excluding carboxylic acids is 1. The molecule has 0 N–H and O–H groups in total. The topological polar surface area (TPSA) is 94.1 Å². The Labute approximate surface area is 358 Å². The summed E-state index contributed by atoms with van der Waals surface area (Å²) in [6.07, 6.45) is 52.4. The number of phosphoric ester groups is 1. The quantitative estimate of drug-likeness (QED) is 0.0198. The van der Waals surface area contributed by atoms with Crippen molar-refractivity contribution in [3.05, 3.63) is 60.8 Å². The Morgan fingerprint density at radius 3 is 1.52 bits per heavy atom. The Hall–Kier alpha value is -1.80. The fourth-order valence-corrected chi connectivity index (χ4v) is 6.91. The van der Waals surface area contributed by atoms with Gasteiger partial charge in [-0.15, -0.1) is 0 Å². The summed E-state index contributed by atoms with van der Waals surface area (Å²) in [7, 11) is 1.34. The molecule has 0 aliphatic heterocycles. The van der Waals surface area contributed by atoms with Crippen LogP contribution in [0.15, 0.2) is 60.8 Å². The lowest BCUT2D eigenvalue weighted by Crippen LogP contribution is -2.37. The number of esters is 1. The Morgan fingerprint density at radius 1 is 0.552 bits per heavy atom. The van der Waals surface area contributed by atoms with Gasteiger partial charge in [0, 0.05) is 13.0 Å². The molecule has 58 heavy (non-hydrogen) atoms. The molecule has 0 aromatic heterocycles. The lowest BCUT2D eigenvalue weighted by Gasteiger charge is -2.28. The number of carbonyl (C=O) groups is 1. The Kier molecular flexibility index (Phi) is 40.6. The molecule has 0 radical (unpaired) electrons. The normalized spacial score (nSPS) is 14.2. The second-order valence-electron chi connectivity index (χ2n) is 16.7. The maximum atomic E-state index is 12.7. The van der Waals surface area contributed by atoms with E-state index < -0.39 is 13.9 Å². The summed E-state index contributed by atoms with van der Waals surface area (Å²) in [6, 6.07) is 0. The molecule has 0 bridgehead atoms. The molecule has 0 aliphatic carbocycles. The van der Waals surface area contributed by atoms with Gasteiger partial charge in [0.25, 0.3) is 7.82 Å². The summed E-state index contributed by atoms with van der Waals surface area (Å²) in [4.78, 5) is 25.0. The predicted octanol–water partition coefficient (Wildman–Crippen LogP) is 13.5. The van der Waals surface area contributed by atoms with Crippen molar-refractivity contribution in [2.75, 3.05) is 54.1 Å². The van der Waals surface area contributed by atoms with Gasteiger partial charge in [-0.05, 0) is 77.0 Å². The van der Waals surface area contributed by atoms with Crippen LogP contribution in [0.4, 0.5) is 0 Å². The van der Waals surface area contributed by atoms with Gasteiger partial charge in [0.2, 0.25) is 0 Å². The van der Waals surface area contributed by atoms with Crippen LogP contribution in [0.2, 0.25) is 0 Å². The molecule has 0 aromatic rings. The monoisotopic (exact) mass is 836 g/mol. The second kappa shape index (κ2) is 41.9. The van der Waals surface area contributed by atoms with Crippen molar-refractivity contribution in [2.45, 2.75) is 193 Å². The fraction of sp³-hybridized carbons (Fsp3) is 0.776. The zero-order valence-electron chi connectivity index (χ0n) is 38.2. The highest BCUT2D eigenvalue weighted by molar-refractivity contribution is 7.45. The minimum Gasteiger partial charge on any atom is -0.756 e. The SMILES string of the molecule is CC/C=C\C/C=C\C/C=C\C/C=C\CCCCCCCCCCCCCOCC(COP(=O)([O-])OCC[N+](C)(C)C)OC(=O)CCCCCCC/C=C\CCCCC. The van der Waals surface area contributed by atoms with Gasteiger partial charge in [-0.1, -0.05) is 164 Å². The average Bonchev–Trinajstić information content (AvgIpc) is 3.18. The van der Waals surface area contributed by atoms with Crippen molar-refractivity contribution >= 4 is 13.8 Å². The smallest absolute Gasteiger partial charge is 0.306 e. The third-order valence-electron chi connectivity index (χ3n) is 9.80. The van der Waals surface area contributed by atoms with Gasteiger partial charge in [0.05, 0.1) is 34.4 Å². The Balaban J connectivity index is 4.12. The molecule has 0 fully saturated rings. The van der Waals surface area contributed by atoms with Crippen LogP contribution in [0, 0.1) is 0 Å². The first-order chi connectivity index (χ1) is 28.1. The molecule has 0 amide bonds. The van der Waals surface area contributed by atoms with Gasteiger partial charge >= 0.3 is 5.97 Å². The number of allylic oxidation sites excluding steroid dienone is 10. The summed E-state index contributed by atoms with van der Waals surface area (Å²) in [5.74, 6) is -0.347. The van der Waals surface area contributed by atoms with E-state index in [0.29, 0.717) is 24.1 Å². The Bertz CT molecular complexity index is 1110. The van der Waals surface area contributed by atoms with Crippen LogP contribution in [0.25, 0.3) is 0 Å². The zero-order valence-corrected chi connectivity index (χ0v) is 39.1. The van der Waals surface area contributed by atoms with E-state index in [1.807, 2.05) is 21.1 Å². The van der Waals surface area contributed by atoms with Gasteiger partial charge in [0.15, 0.2) is 0 Å². The summed E-state index contributed by atoms with van der Waals surface area (Å²) in [5.41, 5.74) is 0. The summed E-state index contributed by atoms with van der Waals surface area (Å²) in [5, 5.41) is 0. The van der Waals surface area contributed by atoms with Crippen LogP contribution in [0.1, 0.15) is 187 Å². The molecule has 2 unspecified atom stereocenters. The number of hydrogen-bond acceptors (Lipinski definition) is 7. The largest absolute Gasteiger partial charge is 0.756 e. The highest BCUT2D eigenvalue weighted by Crippen LogP contribution is 2.38. The van der Waals surface area contributed by atoms with Crippen LogP contribution in [-0.2, 0) is 27.9 Å². The third kappa shape index (κ3) is 45.3. The number of hydrogen-bond donors (Lipinski definition) is 0. The van der Waals surface area contributed by atoms with Crippen molar-refractivity contribution in [3.63, 3.8) is 0 Å². The number of unbranched alkanes of at least 4 members (excludes halogenated alkanes) is 19. The standard InChI is InChI=1S/C49H90NO7P/c1-6-8-10-12-14-16-18-20-21-22-23-24-25-26-27-28-29-30-31-33-35-37-39-41-44-54-46-48(47-56-58(52,53)55-45-43-50(3,4)5)57-49(51)42-40-38-36-34-32-19-17-15-13-11-9-7-2/h8,10,14-17,20-21,23-24,48H,6-7,9,11-13,18-19,22,25-47H2,1-5H3/b10-8-,16-14-,17-15-,21-20-,24-23-. The summed E-state index contributed by atoms with van der Waals surface area (Å²) in [6.45, 7) is 5.25. The molecular weight excluding hydrogens is 746 g/mol. The van der Waals surface area contributed by atoms with E-state index in [1.54, 1.807) is 0 Å². The number of phosphoric acid groups is 1. The molecule has 0 heterocycles. The van der Waals surface area contributed by atoms with Crippen molar-refractivity contribution < 1.29 is 37.3 Å². The molecule has 2 atom stereocenters. The summed E-state index contributed by atoms with van der Waals surface area (Å²) < 4.78 is 34.6. The minimum atomic E-state index is -4.53. The number of nitrogens with zero attached hydrogens (tertiary/aromatic N) is 1. The zero-order chi connectivity index (χ0) is 42.7. The van der Waals surface area contributed by atoms with Crippen molar-refractivity contribution in [1.29, 1.82) is 0 Å². The van der Waals surface area contributed by atoms with Gasteiger partial charge in [-0.25, -0.2) is 0 Å². The van der Waals surface area contributed by atoms with Crippen LogP contribution < -0.4 is 4.89 Å². The maximum Gasteiger partial charge on any atom is 0.306 e. The molecule has 0 saturated heterocycles. The lowest BCUT2D eigenvalue weighted by molar-refractivity contribution is -0.870. The number of ether oxygens (including phenoxy) is 2. The van der Waals surface area contributed by atoms with Gasteiger partial charge in [0.1, 0.15) is 19.3 Å². The first kappa shape index (κ1) is 56.2. The first-order valence-electron chi connectivity index (χ1n) is 23.5. The third-order valence-corrected chi connectivity index (χ3v) is 10.8.